The van der Waals surface area contributed by atoms with E-state index in [4.69, 9.17) is 9.47 Å². The summed E-state index contributed by atoms with van der Waals surface area (Å²) in [5.74, 6) is 1.13. The van der Waals surface area contributed by atoms with Crippen LogP contribution in [0.4, 0.5) is 0 Å². The van der Waals surface area contributed by atoms with Gasteiger partial charge in [-0.3, -0.25) is 4.79 Å². The number of benzene rings is 2. The van der Waals surface area contributed by atoms with Crippen LogP contribution in [0.25, 0.3) is 0 Å². The van der Waals surface area contributed by atoms with Crippen LogP contribution in [0.2, 0.25) is 0 Å². The molecular weight excluding hydrogens is 266 g/mol. The first-order chi connectivity index (χ1) is 10.2. The molecule has 0 aromatic heterocycles. The number of rotatable bonds is 3. The SMILES string of the molecule is Cc1cccc(CNC(=O)[C@H]2COc3ccccc3O2)c1. The number of para-hydroxylation sites is 2. The first-order valence-corrected chi connectivity index (χ1v) is 6.94. The Hall–Kier alpha value is -2.49. The van der Waals surface area contributed by atoms with Crippen LogP contribution in [-0.2, 0) is 11.3 Å². The van der Waals surface area contributed by atoms with E-state index in [1.807, 2.05) is 49.4 Å². The van der Waals surface area contributed by atoms with Gasteiger partial charge in [0.05, 0.1) is 0 Å². The van der Waals surface area contributed by atoms with Gasteiger partial charge in [-0.25, -0.2) is 0 Å². The van der Waals surface area contributed by atoms with Crippen molar-refractivity contribution in [2.24, 2.45) is 0 Å². The van der Waals surface area contributed by atoms with E-state index >= 15 is 0 Å². The third-order valence-corrected chi connectivity index (χ3v) is 3.35. The zero-order valence-corrected chi connectivity index (χ0v) is 11.8. The third-order valence-electron chi connectivity index (χ3n) is 3.35. The van der Waals surface area contributed by atoms with Crippen molar-refractivity contribution in [2.45, 2.75) is 19.6 Å². The van der Waals surface area contributed by atoms with Gasteiger partial charge in [0.2, 0.25) is 6.10 Å². The van der Waals surface area contributed by atoms with Gasteiger partial charge in [-0.15, -0.1) is 0 Å². The minimum Gasteiger partial charge on any atom is -0.485 e. The molecule has 1 amide bonds. The van der Waals surface area contributed by atoms with Gasteiger partial charge in [-0.1, -0.05) is 42.0 Å². The highest BCUT2D eigenvalue weighted by molar-refractivity contribution is 5.81. The molecule has 1 atom stereocenters. The summed E-state index contributed by atoms with van der Waals surface area (Å²) in [7, 11) is 0. The lowest BCUT2D eigenvalue weighted by Gasteiger charge is -2.25. The van der Waals surface area contributed by atoms with Gasteiger partial charge in [0, 0.05) is 6.54 Å². The molecule has 1 aliphatic rings. The van der Waals surface area contributed by atoms with Gasteiger partial charge in [0.1, 0.15) is 6.61 Å². The highest BCUT2D eigenvalue weighted by atomic mass is 16.6. The predicted octanol–water partition coefficient (Wildman–Crippen LogP) is 2.45. The molecule has 0 spiro atoms. The number of carbonyl (C=O) groups is 1. The van der Waals surface area contributed by atoms with Gasteiger partial charge < -0.3 is 14.8 Å². The van der Waals surface area contributed by atoms with Gasteiger partial charge in [0.15, 0.2) is 11.5 Å². The molecule has 0 aliphatic carbocycles. The molecule has 4 nitrogen and oxygen atoms in total. The van der Waals surface area contributed by atoms with Crippen molar-refractivity contribution in [1.29, 1.82) is 0 Å². The smallest absolute Gasteiger partial charge is 0.264 e. The zero-order valence-electron chi connectivity index (χ0n) is 11.8. The average Bonchev–Trinajstić information content (AvgIpc) is 2.52. The van der Waals surface area contributed by atoms with Crippen LogP contribution >= 0.6 is 0 Å². The molecule has 1 heterocycles. The van der Waals surface area contributed by atoms with E-state index in [1.165, 1.54) is 5.56 Å². The summed E-state index contributed by atoms with van der Waals surface area (Å²) in [6.45, 7) is 2.75. The van der Waals surface area contributed by atoms with E-state index in [0.29, 0.717) is 18.0 Å². The lowest BCUT2D eigenvalue weighted by Crippen LogP contribution is -2.43. The Labute approximate surface area is 123 Å². The normalized spacial score (nSPS) is 16.3. The maximum absolute atomic E-state index is 12.2. The minimum absolute atomic E-state index is 0.161. The monoisotopic (exact) mass is 283 g/mol. The molecule has 1 aliphatic heterocycles. The Bertz CT molecular complexity index is 654. The maximum Gasteiger partial charge on any atom is 0.264 e. The first-order valence-electron chi connectivity index (χ1n) is 6.94. The van der Waals surface area contributed by atoms with Gasteiger partial charge in [0.25, 0.3) is 5.91 Å². The van der Waals surface area contributed by atoms with Crippen LogP contribution in [0, 0.1) is 6.92 Å². The standard InChI is InChI=1S/C17H17NO3/c1-12-5-4-6-13(9-12)10-18-17(19)16-11-20-14-7-2-3-8-15(14)21-16/h2-9,16H,10-11H2,1H3,(H,18,19)/t16-/m1/s1. The lowest BCUT2D eigenvalue weighted by molar-refractivity contribution is -0.130. The second-order valence-corrected chi connectivity index (χ2v) is 5.07. The Kier molecular flexibility index (Phi) is 3.77. The fraction of sp³-hybridized carbons (Fsp3) is 0.235. The van der Waals surface area contributed by atoms with Crippen molar-refractivity contribution in [3.05, 3.63) is 59.7 Å². The Morgan fingerprint density at radius 3 is 2.81 bits per heavy atom. The predicted molar refractivity (Wildman–Crippen MR) is 79.4 cm³/mol. The molecule has 4 heteroatoms. The first kappa shape index (κ1) is 13.5. The number of fused-ring (bicyclic) bond motifs is 1. The van der Waals surface area contributed by atoms with Crippen molar-refractivity contribution in [3.63, 3.8) is 0 Å². The van der Waals surface area contributed by atoms with Crippen LogP contribution in [0.15, 0.2) is 48.5 Å². The van der Waals surface area contributed by atoms with Crippen LogP contribution in [0.1, 0.15) is 11.1 Å². The van der Waals surface area contributed by atoms with Gasteiger partial charge >= 0.3 is 0 Å². The van der Waals surface area contributed by atoms with Gasteiger partial charge in [-0.2, -0.15) is 0 Å². The highest BCUT2D eigenvalue weighted by Crippen LogP contribution is 2.30. The molecule has 0 unspecified atom stereocenters. The quantitative estimate of drug-likeness (QED) is 0.941. The summed E-state index contributed by atoms with van der Waals surface area (Å²) in [4.78, 5) is 12.2. The van der Waals surface area contributed by atoms with E-state index in [-0.39, 0.29) is 12.5 Å². The highest BCUT2D eigenvalue weighted by Gasteiger charge is 2.26. The van der Waals surface area contributed by atoms with E-state index in [2.05, 4.69) is 5.32 Å². The number of carbonyl (C=O) groups excluding carboxylic acids is 1. The number of aryl methyl sites for hydroxylation is 1. The molecule has 108 valence electrons. The summed E-state index contributed by atoms with van der Waals surface area (Å²) >= 11 is 0. The topological polar surface area (TPSA) is 47.6 Å². The molecule has 2 aromatic rings. The van der Waals surface area contributed by atoms with Crippen LogP contribution in [-0.4, -0.2) is 18.6 Å². The van der Waals surface area contributed by atoms with Crippen molar-refractivity contribution in [3.8, 4) is 11.5 Å². The Balaban J connectivity index is 1.59. The summed E-state index contributed by atoms with van der Waals surface area (Å²) < 4.78 is 11.2. The fourth-order valence-corrected chi connectivity index (χ4v) is 2.27. The van der Waals surface area contributed by atoms with Crippen molar-refractivity contribution < 1.29 is 14.3 Å². The molecule has 1 N–H and O–H groups in total. The van der Waals surface area contributed by atoms with E-state index < -0.39 is 6.10 Å². The summed E-state index contributed by atoms with van der Waals surface area (Å²) in [6.07, 6.45) is -0.607. The second-order valence-electron chi connectivity index (χ2n) is 5.07. The molecule has 0 radical (unpaired) electrons. The summed E-state index contributed by atoms with van der Waals surface area (Å²) in [5, 5.41) is 2.88. The van der Waals surface area contributed by atoms with Crippen LogP contribution in [0.3, 0.4) is 0 Å². The minimum atomic E-state index is -0.607. The maximum atomic E-state index is 12.2. The van der Waals surface area contributed by atoms with Crippen molar-refractivity contribution in [1.82, 2.24) is 5.32 Å². The molecule has 21 heavy (non-hydrogen) atoms. The zero-order chi connectivity index (χ0) is 14.7. The molecule has 0 saturated heterocycles. The second kappa shape index (κ2) is 5.87. The third kappa shape index (κ3) is 3.16. The average molecular weight is 283 g/mol. The lowest BCUT2D eigenvalue weighted by atomic mass is 10.1. The summed E-state index contributed by atoms with van der Waals surface area (Å²) in [5.41, 5.74) is 2.24. The largest absolute Gasteiger partial charge is 0.485 e. The fourth-order valence-electron chi connectivity index (χ4n) is 2.27. The number of hydrogen-bond donors (Lipinski definition) is 1. The van der Waals surface area contributed by atoms with Gasteiger partial charge in [-0.05, 0) is 24.6 Å². The molecule has 0 saturated carbocycles. The van der Waals surface area contributed by atoms with Crippen molar-refractivity contribution in [2.75, 3.05) is 6.61 Å². The number of nitrogens with one attached hydrogen (secondary N) is 1. The molecule has 0 fully saturated rings. The Morgan fingerprint density at radius 2 is 2.00 bits per heavy atom. The number of hydrogen-bond acceptors (Lipinski definition) is 3. The molecular formula is C17H17NO3. The van der Waals surface area contributed by atoms with E-state index in [0.717, 1.165) is 5.56 Å². The number of amides is 1. The molecule has 0 bridgehead atoms. The molecule has 2 aromatic carbocycles. The summed E-state index contributed by atoms with van der Waals surface area (Å²) in [6, 6.07) is 15.4. The van der Waals surface area contributed by atoms with Crippen molar-refractivity contribution >= 4 is 5.91 Å². The van der Waals surface area contributed by atoms with E-state index in [1.54, 1.807) is 6.07 Å². The van der Waals surface area contributed by atoms with Crippen LogP contribution < -0.4 is 14.8 Å². The number of ether oxygens (including phenoxy) is 2. The molecule has 3 rings (SSSR count). The van der Waals surface area contributed by atoms with E-state index in [9.17, 15) is 4.79 Å². The van der Waals surface area contributed by atoms with Crippen LogP contribution in [0.5, 0.6) is 11.5 Å². The Morgan fingerprint density at radius 1 is 1.19 bits per heavy atom.